The Morgan fingerprint density at radius 2 is 1.91 bits per heavy atom. The molecule has 0 saturated carbocycles. The Bertz CT molecular complexity index is 1070. The summed E-state index contributed by atoms with van der Waals surface area (Å²) >= 11 is 15.2. The predicted molar refractivity (Wildman–Crippen MR) is 132 cm³/mol. The summed E-state index contributed by atoms with van der Waals surface area (Å²) in [5.74, 6) is -1.81. The molecule has 1 aliphatic rings. The van der Waals surface area contributed by atoms with Crippen LogP contribution in [0.2, 0.25) is 10.0 Å². The lowest BCUT2D eigenvalue weighted by Gasteiger charge is -2.11. The standard InChI is InChI=1S/C22H21BrCl2N4O5/c23-14-3-4-19(34-12-20(30)28-17-8-15(24)7-16(25)9-17)13(6-14)10-27-29-22(32)21(31)26-11-18-2-1-5-33-18/h3-4,6-10,18H,1-2,5,11-12H2,(H,26,31)(H,28,30)(H,29,32)/b27-10-/t18-/m1/s1. The van der Waals surface area contributed by atoms with Gasteiger partial charge in [0.15, 0.2) is 6.61 Å². The summed E-state index contributed by atoms with van der Waals surface area (Å²) in [6.07, 6.45) is 3.01. The maximum absolute atomic E-state index is 12.2. The van der Waals surface area contributed by atoms with Crippen molar-refractivity contribution in [2.45, 2.75) is 18.9 Å². The molecule has 3 amide bonds. The summed E-state index contributed by atoms with van der Waals surface area (Å²) in [6.45, 7) is 0.623. The maximum Gasteiger partial charge on any atom is 0.329 e. The zero-order valence-electron chi connectivity index (χ0n) is 17.8. The lowest BCUT2D eigenvalue weighted by Crippen LogP contribution is -2.41. The first-order valence-corrected chi connectivity index (χ1v) is 11.8. The van der Waals surface area contributed by atoms with Crippen molar-refractivity contribution in [3.05, 3.63) is 56.5 Å². The van der Waals surface area contributed by atoms with E-state index in [0.717, 1.165) is 17.3 Å². The predicted octanol–water partition coefficient (Wildman–Crippen LogP) is 3.52. The van der Waals surface area contributed by atoms with Gasteiger partial charge >= 0.3 is 11.8 Å². The van der Waals surface area contributed by atoms with Gasteiger partial charge in [-0.1, -0.05) is 39.1 Å². The molecule has 1 fully saturated rings. The normalized spacial score (nSPS) is 15.2. The topological polar surface area (TPSA) is 118 Å². The number of benzene rings is 2. The second kappa shape index (κ2) is 12.7. The van der Waals surface area contributed by atoms with Gasteiger partial charge in [0.25, 0.3) is 5.91 Å². The first-order chi connectivity index (χ1) is 16.3. The molecule has 0 radical (unpaired) electrons. The summed E-state index contributed by atoms with van der Waals surface area (Å²) in [6, 6.07) is 9.70. The van der Waals surface area contributed by atoms with Gasteiger partial charge in [-0.2, -0.15) is 5.10 Å². The molecule has 2 aromatic rings. The lowest BCUT2D eigenvalue weighted by atomic mass is 10.2. The number of carbonyl (C=O) groups excluding carboxylic acids is 3. The van der Waals surface area contributed by atoms with E-state index in [1.807, 2.05) is 0 Å². The molecule has 34 heavy (non-hydrogen) atoms. The molecule has 3 rings (SSSR count). The summed E-state index contributed by atoms with van der Waals surface area (Å²) in [5, 5.41) is 9.74. The first-order valence-electron chi connectivity index (χ1n) is 10.2. The van der Waals surface area contributed by atoms with Crippen molar-refractivity contribution in [1.29, 1.82) is 0 Å². The molecule has 12 heteroatoms. The summed E-state index contributed by atoms with van der Waals surface area (Å²) in [5.41, 5.74) is 3.06. The van der Waals surface area contributed by atoms with Crippen LogP contribution in [0, 0.1) is 0 Å². The first kappa shape index (κ1) is 26.0. The number of amides is 3. The van der Waals surface area contributed by atoms with Crippen LogP contribution in [0.3, 0.4) is 0 Å². The highest BCUT2D eigenvalue weighted by Gasteiger charge is 2.19. The lowest BCUT2D eigenvalue weighted by molar-refractivity contribution is -0.139. The average Bonchev–Trinajstić information content (AvgIpc) is 3.30. The van der Waals surface area contributed by atoms with Crippen molar-refractivity contribution in [2.24, 2.45) is 5.10 Å². The zero-order valence-corrected chi connectivity index (χ0v) is 20.9. The van der Waals surface area contributed by atoms with Gasteiger partial charge in [-0.05, 0) is 49.2 Å². The van der Waals surface area contributed by atoms with E-state index in [0.29, 0.717) is 33.7 Å². The second-order valence-corrected chi connectivity index (χ2v) is 9.01. The van der Waals surface area contributed by atoms with E-state index in [9.17, 15) is 14.4 Å². The SMILES string of the molecule is O=C(COc1ccc(Br)cc1/C=N\NC(=O)C(=O)NC[C@H]1CCCO1)Nc1cc(Cl)cc(Cl)c1. The van der Waals surface area contributed by atoms with Gasteiger partial charge in [0, 0.05) is 38.9 Å². The van der Waals surface area contributed by atoms with E-state index < -0.39 is 17.7 Å². The Morgan fingerprint density at radius 3 is 2.62 bits per heavy atom. The molecule has 9 nitrogen and oxygen atoms in total. The van der Waals surface area contributed by atoms with Crippen LogP contribution < -0.4 is 20.8 Å². The Kier molecular flexibility index (Phi) is 9.70. The van der Waals surface area contributed by atoms with Crippen molar-refractivity contribution in [2.75, 3.05) is 25.1 Å². The van der Waals surface area contributed by atoms with Crippen LogP contribution in [0.15, 0.2) is 46.0 Å². The Morgan fingerprint density at radius 1 is 1.15 bits per heavy atom. The number of halogens is 3. The summed E-state index contributed by atoms with van der Waals surface area (Å²) in [4.78, 5) is 36.1. The summed E-state index contributed by atoms with van der Waals surface area (Å²) < 4.78 is 11.7. The van der Waals surface area contributed by atoms with Gasteiger partial charge in [0.2, 0.25) is 0 Å². The van der Waals surface area contributed by atoms with E-state index >= 15 is 0 Å². The number of hydrogen-bond donors (Lipinski definition) is 3. The molecule has 1 heterocycles. The molecule has 0 aliphatic carbocycles. The highest BCUT2D eigenvalue weighted by molar-refractivity contribution is 9.10. The number of hydrogen-bond acceptors (Lipinski definition) is 6. The van der Waals surface area contributed by atoms with Crippen molar-refractivity contribution in [3.63, 3.8) is 0 Å². The van der Waals surface area contributed by atoms with Gasteiger partial charge < -0.3 is 20.1 Å². The van der Waals surface area contributed by atoms with Gasteiger partial charge in [-0.15, -0.1) is 0 Å². The molecule has 2 aromatic carbocycles. The molecule has 3 N–H and O–H groups in total. The molecule has 0 bridgehead atoms. The largest absolute Gasteiger partial charge is 0.483 e. The fourth-order valence-electron chi connectivity index (χ4n) is 3.02. The average molecular weight is 572 g/mol. The fourth-order valence-corrected chi connectivity index (χ4v) is 3.93. The molecule has 1 aliphatic heterocycles. The maximum atomic E-state index is 12.2. The van der Waals surface area contributed by atoms with Gasteiger partial charge in [0.05, 0.1) is 12.3 Å². The number of nitrogens with zero attached hydrogens (tertiary/aromatic N) is 1. The molecule has 1 atom stereocenters. The second-order valence-electron chi connectivity index (χ2n) is 7.22. The molecule has 1 saturated heterocycles. The minimum Gasteiger partial charge on any atom is -0.483 e. The van der Waals surface area contributed by atoms with Crippen molar-refractivity contribution in [1.82, 2.24) is 10.7 Å². The van der Waals surface area contributed by atoms with Gasteiger partial charge in [-0.25, -0.2) is 5.43 Å². The number of hydrazone groups is 1. The van der Waals surface area contributed by atoms with Crippen molar-refractivity contribution >= 4 is 68.8 Å². The number of carbonyl (C=O) groups is 3. The zero-order chi connectivity index (χ0) is 24.5. The van der Waals surface area contributed by atoms with Crippen LogP contribution in [0.4, 0.5) is 5.69 Å². The van der Waals surface area contributed by atoms with Crippen molar-refractivity contribution < 1.29 is 23.9 Å². The fraction of sp³-hybridized carbons (Fsp3) is 0.273. The van der Waals surface area contributed by atoms with E-state index in [2.05, 4.69) is 37.1 Å². The Hall–Kier alpha value is -2.66. The van der Waals surface area contributed by atoms with Gasteiger partial charge in [0.1, 0.15) is 5.75 Å². The highest BCUT2D eigenvalue weighted by atomic mass is 79.9. The molecule has 0 aromatic heterocycles. The third-order valence-corrected chi connectivity index (χ3v) is 5.50. The van der Waals surface area contributed by atoms with Gasteiger partial charge in [-0.3, -0.25) is 14.4 Å². The monoisotopic (exact) mass is 570 g/mol. The number of rotatable bonds is 8. The van der Waals surface area contributed by atoms with Crippen LogP contribution in [0.25, 0.3) is 0 Å². The van der Waals surface area contributed by atoms with Crippen LogP contribution in [-0.2, 0) is 19.1 Å². The molecule has 180 valence electrons. The van der Waals surface area contributed by atoms with E-state index in [1.165, 1.54) is 6.21 Å². The van der Waals surface area contributed by atoms with Crippen LogP contribution in [0.5, 0.6) is 5.75 Å². The number of anilines is 1. The van der Waals surface area contributed by atoms with Crippen LogP contribution in [-0.4, -0.2) is 49.8 Å². The molecular weight excluding hydrogens is 551 g/mol. The number of ether oxygens (including phenoxy) is 2. The van der Waals surface area contributed by atoms with E-state index in [1.54, 1.807) is 36.4 Å². The number of nitrogens with one attached hydrogen (secondary N) is 3. The third-order valence-electron chi connectivity index (χ3n) is 4.57. The van der Waals surface area contributed by atoms with Crippen LogP contribution in [0.1, 0.15) is 18.4 Å². The third kappa shape index (κ3) is 8.28. The Balaban J connectivity index is 1.53. The minimum atomic E-state index is -0.911. The smallest absolute Gasteiger partial charge is 0.329 e. The summed E-state index contributed by atoms with van der Waals surface area (Å²) in [7, 11) is 0. The Labute approximate surface area is 214 Å². The quantitative estimate of drug-likeness (QED) is 0.254. The van der Waals surface area contributed by atoms with Crippen molar-refractivity contribution in [3.8, 4) is 5.75 Å². The molecule has 0 unspecified atom stereocenters. The molecule has 0 spiro atoms. The minimum absolute atomic E-state index is 0.0744. The highest BCUT2D eigenvalue weighted by Crippen LogP contribution is 2.23. The van der Waals surface area contributed by atoms with E-state index in [-0.39, 0.29) is 19.3 Å². The molecular formula is C22H21BrCl2N4O5. The van der Waals surface area contributed by atoms with E-state index in [4.69, 9.17) is 32.7 Å². The van der Waals surface area contributed by atoms with Crippen LogP contribution >= 0.6 is 39.1 Å².